The predicted octanol–water partition coefficient (Wildman–Crippen LogP) is 4.00. The smallest absolute Gasteiger partial charge is 0.185 e. The highest BCUT2D eigenvalue weighted by molar-refractivity contribution is 7.15. The largest absolute Gasteiger partial charge is 0.348 e. The van der Waals surface area contributed by atoms with Crippen LogP contribution in [-0.2, 0) is 6.54 Å². The third-order valence-corrected chi connectivity index (χ3v) is 4.89. The van der Waals surface area contributed by atoms with Gasteiger partial charge in [0.1, 0.15) is 0 Å². The molecule has 1 aromatic rings. The molecule has 3 nitrogen and oxygen atoms in total. The van der Waals surface area contributed by atoms with Crippen LogP contribution in [0.4, 0.5) is 5.13 Å². The fourth-order valence-electron chi connectivity index (χ4n) is 2.32. The van der Waals surface area contributed by atoms with E-state index in [4.69, 9.17) is 4.98 Å². The van der Waals surface area contributed by atoms with Gasteiger partial charge in [-0.05, 0) is 31.6 Å². The number of rotatable bonds is 8. The van der Waals surface area contributed by atoms with Gasteiger partial charge in [0.25, 0.3) is 0 Å². The third-order valence-electron chi connectivity index (χ3n) is 3.76. The normalized spacial score (nSPS) is 15.3. The summed E-state index contributed by atoms with van der Waals surface area (Å²) in [5, 5.41) is 4.76. The SMILES string of the molecule is CCN(CC1CC1)c1nc(C(C)C)c(CNC(C)C)s1. The standard InChI is InChI=1S/C16H29N3S/c1-6-19(10-13-7-8-13)16-18-15(11(2)3)14(20-16)9-17-12(4)5/h11-13,17H,6-10H2,1-5H3. The lowest BCUT2D eigenvalue weighted by molar-refractivity contribution is 0.588. The van der Waals surface area contributed by atoms with E-state index in [1.54, 1.807) is 0 Å². The van der Waals surface area contributed by atoms with Crippen LogP contribution in [0.2, 0.25) is 0 Å². The lowest BCUT2D eigenvalue weighted by Crippen LogP contribution is -2.25. The molecule has 0 aromatic carbocycles. The Morgan fingerprint density at radius 1 is 1.30 bits per heavy atom. The average Bonchev–Trinajstić information content (AvgIpc) is 3.10. The van der Waals surface area contributed by atoms with Crippen LogP contribution < -0.4 is 10.2 Å². The maximum absolute atomic E-state index is 4.94. The molecule has 20 heavy (non-hydrogen) atoms. The van der Waals surface area contributed by atoms with Crippen LogP contribution in [0.25, 0.3) is 0 Å². The van der Waals surface area contributed by atoms with Gasteiger partial charge >= 0.3 is 0 Å². The molecule has 1 fully saturated rings. The molecule has 1 heterocycles. The third kappa shape index (κ3) is 4.19. The van der Waals surface area contributed by atoms with Crippen LogP contribution in [0.5, 0.6) is 0 Å². The zero-order valence-electron chi connectivity index (χ0n) is 13.6. The van der Waals surface area contributed by atoms with E-state index in [2.05, 4.69) is 44.8 Å². The maximum atomic E-state index is 4.94. The van der Waals surface area contributed by atoms with Gasteiger partial charge in [-0.25, -0.2) is 4.98 Å². The van der Waals surface area contributed by atoms with Gasteiger partial charge in [-0.2, -0.15) is 0 Å². The van der Waals surface area contributed by atoms with E-state index in [0.717, 1.165) is 19.0 Å². The topological polar surface area (TPSA) is 28.2 Å². The Labute approximate surface area is 127 Å². The Hall–Kier alpha value is -0.610. The first-order valence-electron chi connectivity index (χ1n) is 7.99. The van der Waals surface area contributed by atoms with Crippen LogP contribution in [0.1, 0.15) is 63.9 Å². The summed E-state index contributed by atoms with van der Waals surface area (Å²) in [6.45, 7) is 14.3. The minimum atomic E-state index is 0.503. The summed E-state index contributed by atoms with van der Waals surface area (Å²) in [4.78, 5) is 8.82. The van der Waals surface area contributed by atoms with E-state index in [1.807, 2.05) is 11.3 Å². The number of hydrogen-bond acceptors (Lipinski definition) is 4. The predicted molar refractivity (Wildman–Crippen MR) is 88.8 cm³/mol. The van der Waals surface area contributed by atoms with Gasteiger partial charge in [-0.1, -0.05) is 27.7 Å². The number of nitrogens with one attached hydrogen (secondary N) is 1. The zero-order chi connectivity index (χ0) is 14.7. The molecular weight excluding hydrogens is 266 g/mol. The maximum Gasteiger partial charge on any atom is 0.185 e. The van der Waals surface area contributed by atoms with Crippen molar-refractivity contribution in [2.24, 2.45) is 5.92 Å². The summed E-state index contributed by atoms with van der Waals surface area (Å²) < 4.78 is 0. The lowest BCUT2D eigenvalue weighted by Gasteiger charge is -2.19. The van der Waals surface area contributed by atoms with Crippen molar-refractivity contribution in [2.75, 3.05) is 18.0 Å². The van der Waals surface area contributed by atoms with E-state index in [1.165, 1.54) is 35.1 Å². The van der Waals surface area contributed by atoms with Crippen molar-refractivity contribution in [2.45, 2.75) is 66.0 Å². The minimum Gasteiger partial charge on any atom is -0.348 e. The first kappa shape index (κ1) is 15.8. The highest BCUT2D eigenvalue weighted by Crippen LogP contribution is 2.35. The molecule has 4 heteroatoms. The lowest BCUT2D eigenvalue weighted by atomic mass is 10.1. The van der Waals surface area contributed by atoms with Crippen molar-refractivity contribution in [3.8, 4) is 0 Å². The molecule has 114 valence electrons. The van der Waals surface area contributed by atoms with Crippen molar-refractivity contribution in [1.82, 2.24) is 10.3 Å². The zero-order valence-corrected chi connectivity index (χ0v) is 14.4. The number of hydrogen-bond donors (Lipinski definition) is 1. The van der Waals surface area contributed by atoms with Gasteiger partial charge < -0.3 is 10.2 Å². The average molecular weight is 295 g/mol. The van der Waals surface area contributed by atoms with Crippen molar-refractivity contribution in [3.63, 3.8) is 0 Å². The monoisotopic (exact) mass is 295 g/mol. The fraction of sp³-hybridized carbons (Fsp3) is 0.812. The summed E-state index contributed by atoms with van der Waals surface area (Å²) in [6, 6.07) is 0.523. The Balaban J connectivity index is 2.13. The van der Waals surface area contributed by atoms with Gasteiger partial charge in [0.15, 0.2) is 5.13 Å². The number of anilines is 1. The second-order valence-corrected chi connectivity index (χ2v) is 7.54. The van der Waals surface area contributed by atoms with Crippen molar-refractivity contribution >= 4 is 16.5 Å². The van der Waals surface area contributed by atoms with Crippen LogP contribution in [0.15, 0.2) is 0 Å². The van der Waals surface area contributed by atoms with Crippen LogP contribution >= 0.6 is 11.3 Å². The van der Waals surface area contributed by atoms with E-state index in [-0.39, 0.29) is 0 Å². The van der Waals surface area contributed by atoms with Crippen LogP contribution in [-0.4, -0.2) is 24.1 Å². The first-order valence-corrected chi connectivity index (χ1v) is 8.80. The van der Waals surface area contributed by atoms with Gasteiger partial charge in [0.2, 0.25) is 0 Å². The molecule has 0 saturated heterocycles. The van der Waals surface area contributed by atoms with Gasteiger partial charge in [0.05, 0.1) is 5.69 Å². The molecule has 1 N–H and O–H groups in total. The van der Waals surface area contributed by atoms with Gasteiger partial charge in [-0.3, -0.25) is 0 Å². The molecule has 0 bridgehead atoms. The quantitative estimate of drug-likeness (QED) is 0.785. The van der Waals surface area contributed by atoms with E-state index < -0.39 is 0 Å². The molecule has 0 unspecified atom stereocenters. The Kier molecular flexibility index (Phi) is 5.44. The Bertz CT molecular complexity index is 421. The fourth-order valence-corrected chi connectivity index (χ4v) is 3.55. The summed E-state index contributed by atoms with van der Waals surface area (Å²) in [5.74, 6) is 1.42. The Morgan fingerprint density at radius 3 is 2.50 bits per heavy atom. The number of thiazole rings is 1. The summed E-state index contributed by atoms with van der Waals surface area (Å²) >= 11 is 1.88. The second-order valence-electron chi connectivity index (χ2n) is 6.48. The summed E-state index contributed by atoms with van der Waals surface area (Å²) in [5.41, 5.74) is 1.28. The summed E-state index contributed by atoms with van der Waals surface area (Å²) in [7, 11) is 0. The molecule has 1 aliphatic carbocycles. The van der Waals surface area contributed by atoms with E-state index in [0.29, 0.717) is 12.0 Å². The first-order chi connectivity index (χ1) is 9.51. The Morgan fingerprint density at radius 2 is 2.00 bits per heavy atom. The molecular formula is C16H29N3S. The molecule has 2 rings (SSSR count). The number of nitrogens with zero attached hydrogens (tertiary/aromatic N) is 2. The van der Waals surface area contributed by atoms with Gasteiger partial charge in [-0.15, -0.1) is 11.3 Å². The molecule has 0 amide bonds. The van der Waals surface area contributed by atoms with Gasteiger partial charge in [0, 0.05) is 30.6 Å². The molecule has 1 aliphatic rings. The molecule has 0 aliphatic heterocycles. The highest BCUT2D eigenvalue weighted by Gasteiger charge is 2.26. The van der Waals surface area contributed by atoms with E-state index in [9.17, 15) is 0 Å². The molecule has 0 spiro atoms. The highest BCUT2D eigenvalue weighted by atomic mass is 32.1. The van der Waals surface area contributed by atoms with Crippen LogP contribution in [0, 0.1) is 5.92 Å². The number of aromatic nitrogens is 1. The molecule has 0 radical (unpaired) electrons. The van der Waals surface area contributed by atoms with Crippen molar-refractivity contribution in [1.29, 1.82) is 0 Å². The van der Waals surface area contributed by atoms with Crippen LogP contribution in [0.3, 0.4) is 0 Å². The molecule has 0 atom stereocenters. The molecule has 1 aromatic heterocycles. The van der Waals surface area contributed by atoms with E-state index >= 15 is 0 Å². The summed E-state index contributed by atoms with van der Waals surface area (Å²) in [6.07, 6.45) is 2.81. The second kappa shape index (κ2) is 6.90. The van der Waals surface area contributed by atoms with Crippen molar-refractivity contribution < 1.29 is 0 Å². The van der Waals surface area contributed by atoms with Crippen molar-refractivity contribution in [3.05, 3.63) is 10.6 Å². The molecule has 1 saturated carbocycles. The minimum absolute atomic E-state index is 0.503.